The summed E-state index contributed by atoms with van der Waals surface area (Å²) in [5.41, 5.74) is 1.20. The maximum atomic E-state index is 6.03. The summed E-state index contributed by atoms with van der Waals surface area (Å²) in [5.74, 6) is 0.776. The largest absolute Gasteiger partial charge is 0.367 e. The lowest BCUT2D eigenvalue weighted by molar-refractivity contribution is -0.0178. The summed E-state index contributed by atoms with van der Waals surface area (Å²) in [4.78, 5) is 10.8. The Morgan fingerprint density at radius 2 is 1.79 bits per heavy atom. The van der Waals surface area contributed by atoms with Gasteiger partial charge in [-0.15, -0.1) is 0 Å². The molecule has 1 aromatic heterocycles. The van der Waals surface area contributed by atoms with Crippen LogP contribution in [0.1, 0.15) is 18.6 Å². The van der Waals surface area contributed by atoms with Gasteiger partial charge >= 0.3 is 0 Å². The van der Waals surface area contributed by atoms with Gasteiger partial charge in [-0.05, 0) is 18.6 Å². The molecule has 0 aliphatic carbocycles. The Morgan fingerprint density at radius 3 is 2.53 bits per heavy atom. The summed E-state index contributed by atoms with van der Waals surface area (Å²) in [6.45, 7) is 3.71. The van der Waals surface area contributed by atoms with Crippen LogP contribution >= 0.6 is 0 Å². The zero-order valence-electron chi connectivity index (χ0n) is 10.9. The molecule has 1 aliphatic heterocycles. The first kappa shape index (κ1) is 12.1. The fourth-order valence-electron chi connectivity index (χ4n) is 2.42. The van der Waals surface area contributed by atoms with Crippen LogP contribution in [0.2, 0.25) is 0 Å². The molecule has 4 heteroatoms. The molecule has 98 valence electrons. The Kier molecular flexibility index (Phi) is 3.42. The quantitative estimate of drug-likeness (QED) is 0.826. The number of ether oxygens (including phenoxy) is 1. The van der Waals surface area contributed by atoms with Gasteiger partial charge in [0.15, 0.2) is 0 Å². The molecule has 0 N–H and O–H groups in total. The van der Waals surface area contributed by atoms with E-state index in [-0.39, 0.29) is 12.2 Å². The molecule has 1 saturated heterocycles. The van der Waals surface area contributed by atoms with Gasteiger partial charge < -0.3 is 9.64 Å². The molecule has 2 unspecified atom stereocenters. The second kappa shape index (κ2) is 5.36. The van der Waals surface area contributed by atoms with Crippen LogP contribution in [-0.4, -0.2) is 29.2 Å². The fraction of sp³-hybridized carbons (Fsp3) is 0.333. The van der Waals surface area contributed by atoms with Gasteiger partial charge in [0.25, 0.3) is 0 Å². The maximum Gasteiger partial charge on any atom is 0.225 e. The van der Waals surface area contributed by atoms with Crippen molar-refractivity contribution in [1.29, 1.82) is 0 Å². The van der Waals surface area contributed by atoms with Crippen molar-refractivity contribution in [3.8, 4) is 0 Å². The lowest BCUT2D eigenvalue weighted by atomic mass is 10.1. The number of benzene rings is 1. The van der Waals surface area contributed by atoms with Crippen molar-refractivity contribution in [2.45, 2.75) is 19.1 Å². The number of morpholine rings is 1. The summed E-state index contributed by atoms with van der Waals surface area (Å²) in [7, 11) is 0. The van der Waals surface area contributed by atoms with Crippen LogP contribution in [0, 0.1) is 0 Å². The smallest absolute Gasteiger partial charge is 0.225 e. The van der Waals surface area contributed by atoms with E-state index in [1.54, 1.807) is 12.4 Å². The average molecular weight is 255 g/mol. The van der Waals surface area contributed by atoms with Gasteiger partial charge in [-0.2, -0.15) is 0 Å². The molecule has 4 nitrogen and oxygen atoms in total. The molecule has 2 atom stereocenters. The normalized spacial score (nSPS) is 23.3. The van der Waals surface area contributed by atoms with E-state index in [0.717, 1.165) is 19.0 Å². The van der Waals surface area contributed by atoms with Crippen molar-refractivity contribution in [2.75, 3.05) is 18.0 Å². The van der Waals surface area contributed by atoms with Gasteiger partial charge in [0.2, 0.25) is 5.95 Å². The Bertz CT molecular complexity index is 470. The molecular weight excluding hydrogens is 238 g/mol. The van der Waals surface area contributed by atoms with Crippen LogP contribution in [-0.2, 0) is 4.74 Å². The SMILES string of the molecule is CC1CN(c2ncccn2)CC(c2ccccc2)O1. The van der Waals surface area contributed by atoms with E-state index in [9.17, 15) is 0 Å². The van der Waals surface area contributed by atoms with Gasteiger partial charge in [0, 0.05) is 18.9 Å². The second-order valence-corrected chi connectivity index (χ2v) is 4.80. The lowest BCUT2D eigenvalue weighted by Crippen LogP contribution is -2.43. The number of nitrogens with zero attached hydrogens (tertiary/aromatic N) is 3. The molecule has 1 fully saturated rings. The van der Waals surface area contributed by atoms with Crippen LogP contribution in [0.4, 0.5) is 5.95 Å². The lowest BCUT2D eigenvalue weighted by Gasteiger charge is -2.37. The first-order chi connectivity index (χ1) is 9.33. The average Bonchev–Trinajstić information content (AvgIpc) is 2.48. The maximum absolute atomic E-state index is 6.03. The highest BCUT2D eigenvalue weighted by Gasteiger charge is 2.27. The van der Waals surface area contributed by atoms with Gasteiger partial charge in [-0.1, -0.05) is 30.3 Å². The highest BCUT2D eigenvalue weighted by atomic mass is 16.5. The number of aromatic nitrogens is 2. The van der Waals surface area contributed by atoms with Crippen molar-refractivity contribution in [3.63, 3.8) is 0 Å². The Balaban J connectivity index is 1.82. The third kappa shape index (κ3) is 2.74. The Labute approximate surface area is 113 Å². The summed E-state index contributed by atoms with van der Waals surface area (Å²) in [5, 5.41) is 0. The molecular formula is C15H17N3O. The Morgan fingerprint density at radius 1 is 1.05 bits per heavy atom. The molecule has 0 saturated carbocycles. The molecule has 2 aromatic rings. The topological polar surface area (TPSA) is 38.2 Å². The fourth-order valence-corrected chi connectivity index (χ4v) is 2.42. The van der Waals surface area contributed by atoms with Crippen LogP contribution in [0.25, 0.3) is 0 Å². The van der Waals surface area contributed by atoms with Crippen molar-refractivity contribution < 1.29 is 4.74 Å². The summed E-state index contributed by atoms with van der Waals surface area (Å²) in [6, 6.07) is 12.2. The number of hydrogen-bond acceptors (Lipinski definition) is 4. The molecule has 19 heavy (non-hydrogen) atoms. The van der Waals surface area contributed by atoms with Gasteiger partial charge in [0.1, 0.15) is 6.10 Å². The van der Waals surface area contributed by atoms with Gasteiger partial charge in [-0.25, -0.2) is 9.97 Å². The summed E-state index contributed by atoms with van der Waals surface area (Å²) < 4.78 is 6.03. The molecule has 0 spiro atoms. The zero-order valence-corrected chi connectivity index (χ0v) is 10.9. The first-order valence-electron chi connectivity index (χ1n) is 6.55. The van der Waals surface area contributed by atoms with Crippen LogP contribution in [0.5, 0.6) is 0 Å². The van der Waals surface area contributed by atoms with E-state index in [1.165, 1.54) is 5.56 Å². The Hall–Kier alpha value is -1.94. The number of hydrogen-bond donors (Lipinski definition) is 0. The molecule has 0 amide bonds. The monoisotopic (exact) mass is 255 g/mol. The molecule has 1 aliphatic rings. The number of anilines is 1. The molecule has 1 aromatic carbocycles. The third-order valence-corrected chi connectivity index (χ3v) is 3.27. The van der Waals surface area contributed by atoms with Gasteiger partial charge in [0.05, 0.1) is 12.6 Å². The van der Waals surface area contributed by atoms with E-state index >= 15 is 0 Å². The molecule has 0 radical (unpaired) electrons. The highest BCUT2D eigenvalue weighted by molar-refractivity contribution is 5.32. The zero-order chi connectivity index (χ0) is 13.1. The van der Waals surface area contributed by atoms with Gasteiger partial charge in [-0.3, -0.25) is 0 Å². The van der Waals surface area contributed by atoms with Crippen molar-refractivity contribution in [2.24, 2.45) is 0 Å². The van der Waals surface area contributed by atoms with E-state index in [0.29, 0.717) is 0 Å². The first-order valence-corrected chi connectivity index (χ1v) is 6.55. The predicted octanol–water partition coefficient (Wildman–Crippen LogP) is 2.44. The minimum Gasteiger partial charge on any atom is -0.367 e. The standard InChI is InChI=1S/C15H17N3O/c1-12-10-18(15-16-8-5-9-17-15)11-14(19-12)13-6-3-2-4-7-13/h2-9,12,14H,10-11H2,1H3. The second-order valence-electron chi connectivity index (χ2n) is 4.80. The van der Waals surface area contributed by atoms with Crippen molar-refractivity contribution >= 4 is 5.95 Å². The van der Waals surface area contributed by atoms with Crippen LogP contribution in [0.15, 0.2) is 48.8 Å². The van der Waals surface area contributed by atoms with Crippen LogP contribution in [0.3, 0.4) is 0 Å². The summed E-state index contributed by atoms with van der Waals surface area (Å²) >= 11 is 0. The van der Waals surface area contributed by atoms with E-state index in [4.69, 9.17) is 4.74 Å². The van der Waals surface area contributed by atoms with E-state index in [2.05, 4.69) is 33.9 Å². The van der Waals surface area contributed by atoms with E-state index in [1.807, 2.05) is 24.3 Å². The van der Waals surface area contributed by atoms with E-state index < -0.39 is 0 Å². The minimum atomic E-state index is 0.0776. The minimum absolute atomic E-state index is 0.0776. The highest BCUT2D eigenvalue weighted by Crippen LogP contribution is 2.26. The number of rotatable bonds is 2. The summed E-state index contributed by atoms with van der Waals surface area (Å²) in [6.07, 6.45) is 3.80. The molecule has 2 heterocycles. The third-order valence-electron chi connectivity index (χ3n) is 3.27. The molecule has 0 bridgehead atoms. The van der Waals surface area contributed by atoms with Crippen LogP contribution < -0.4 is 4.90 Å². The molecule has 3 rings (SSSR count). The predicted molar refractivity (Wildman–Crippen MR) is 74.0 cm³/mol. The van der Waals surface area contributed by atoms with Crippen molar-refractivity contribution in [3.05, 3.63) is 54.4 Å². The van der Waals surface area contributed by atoms with Crippen molar-refractivity contribution in [1.82, 2.24) is 9.97 Å².